The van der Waals surface area contributed by atoms with E-state index in [1.165, 1.54) is 6.92 Å². The molecule has 0 amide bonds. The molecular weight excluding hydrogens is 192 g/mol. The van der Waals surface area contributed by atoms with E-state index in [4.69, 9.17) is 15.9 Å². The smallest absolute Gasteiger partial charge is 0.153 e. The molecule has 0 rings (SSSR count). The molecular formula is C7H16N2O3S. The zero-order chi connectivity index (χ0) is 10.6. The van der Waals surface area contributed by atoms with E-state index >= 15 is 0 Å². The van der Waals surface area contributed by atoms with E-state index in [1.54, 1.807) is 6.92 Å². The summed E-state index contributed by atoms with van der Waals surface area (Å²) in [5.41, 5.74) is 5.21. The molecule has 0 aliphatic rings. The third-order valence-electron chi connectivity index (χ3n) is 1.75. The molecule has 0 aromatic carbocycles. The zero-order valence-corrected chi connectivity index (χ0v) is 8.89. The quantitative estimate of drug-likeness (QED) is 0.481. The molecule has 13 heavy (non-hydrogen) atoms. The summed E-state index contributed by atoms with van der Waals surface area (Å²) in [5, 5.41) is 6.38. The van der Waals surface area contributed by atoms with Crippen LogP contribution < -0.4 is 5.73 Å². The summed E-state index contributed by atoms with van der Waals surface area (Å²) in [4.78, 5) is 0. The van der Waals surface area contributed by atoms with Crippen LogP contribution in [0.5, 0.6) is 0 Å². The van der Waals surface area contributed by atoms with Crippen LogP contribution in [0.25, 0.3) is 0 Å². The molecule has 0 bridgehead atoms. The second-order valence-electron chi connectivity index (χ2n) is 2.87. The van der Waals surface area contributed by atoms with Crippen molar-refractivity contribution in [3.8, 4) is 0 Å². The van der Waals surface area contributed by atoms with Gasteiger partial charge in [-0.1, -0.05) is 0 Å². The maximum atomic E-state index is 11.1. The highest BCUT2D eigenvalue weighted by molar-refractivity contribution is 7.91. The first-order chi connectivity index (χ1) is 5.80. The van der Waals surface area contributed by atoms with Gasteiger partial charge in [-0.2, -0.15) is 0 Å². The van der Waals surface area contributed by atoms with Gasteiger partial charge in [0, 0.05) is 12.9 Å². The van der Waals surface area contributed by atoms with Gasteiger partial charge in [-0.3, -0.25) is 5.41 Å². The lowest BCUT2D eigenvalue weighted by molar-refractivity contribution is 0.107. The Morgan fingerprint density at radius 3 is 2.31 bits per heavy atom. The van der Waals surface area contributed by atoms with Gasteiger partial charge in [0.2, 0.25) is 0 Å². The molecule has 78 valence electrons. The molecule has 5 nitrogen and oxygen atoms in total. The van der Waals surface area contributed by atoms with Crippen molar-refractivity contribution in [1.29, 1.82) is 5.41 Å². The first-order valence-corrected chi connectivity index (χ1v) is 5.90. The van der Waals surface area contributed by atoms with Crippen LogP contribution in [0.4, 0.5) is 0 Å². The molecule has 0 spiro atoms. The summed E-state index contributed by atoms with van der Waals surface area (Å²) in [6.45, 7) is 3.55. The van der Waals surface area contributed by atoms with E-state index in [2.05, 4.69) is 0 Å². The first-order valence-electron chi connectivity index (χ1n) is 3.95. The number of hydrogen-bond acceptors (Lipinski definition) is 4. The van der Waals surface area contributed by atoms with Gasteiger partial charge in [-0.25, -0.2) is 8.42 Å². The van der Waals surface area contributed by atoms with Crippen LogP contribution in [0.15, 0.2) is 0 Å². The van der Waals surface area contributed by atoms with E-state index < -0.39 is 21.2 Å². The van der Waals surface area contributed by atoms with Crippen molar-refractivity contribution in [1.82, 2.24) is 0 Å². The number of nitrogens with two attached hydrogens (primary N) is 1. The molecule has 0 aliphatic heterocycles. The van der Waals surface area contributed by atoms with E-state index in [0.717, 1.165) is 6.26 Å². The van der Waals surface area contributed by atoms with Crippen molar-refractivity contribution < 1.29 is 13.2 Å². The Labute approximate surface area is 78.7 Å². The Kier molecular flexibility index (Phi) is 4.35. The third kappa shape index (κ3) is 3.73. The Morgan fingerprint density at radius 1 is 1.62 bits per heavy atom. The fraction of sp³-hybridized carbons (Fsp3) is 0.857. The topological polar surface area (TPSA) is 93.2 Å². The van der Waals surface area contributed by atoms with Crippen LogP contribution in [0.2, 0.25) is 0 Å². The fourth-order valence-electron chi connectivity index (χ4n) is 0.882. The molecule has 0 fully saturated rings. The maximum absolute atomic E-state index is 11.1. The maximum Gasteiger partial charge on any atom is 0.153 e. The lowest BCUT2D eigenvalue weighted by atomic mass is 10.2. The van der Waals surface area contributed by atoms with Gasteiger partial charge in [0.15, 0.2) is 9.84 Å². The summed E-state index contributed by atoms with van der Waals surface area (Å²) in [6.07, 6.45) is 0.270. The molecule has 0 saturated heterocycles. The molecule has 0 aromatic heterocycles. The van der Waals surface area contributed by atoms with Crippen LogP contribution in [0, 0.1) is 5.41 Å². The van der Waals surface area contributed by atoms with Crippen LogP contribution in [-0.4, -0.2) is 38.5 Å². The minimum absolute atomic E-state index is 0.250. The molecule has 2 atom stereocenters. The van der Waals surface area contributed by atoms with E-state index in [1.807, 2.05) is 0 Å². The van der Waals surface area contributed by atoms with Gasteiger partial charge < -0.3 is 10.5 Å². The third-order valence-corrected chi connectivity index (χ3v) is 3.35. The number of ether oxygens (including phenoxy) is 1. The van der Waals surface area contributed by atoms with Crippen molar-refractivity contribution in [2.24, 2.45) is 5.73 Å². The highest BCUT2D eigenvalue weighted by Gasteiger charge is 2.28. The number of nitrogens with one attached hydrogen (secondary N) is 1. The molecule has 0 aromatic rings. The molecule has 0 unspecified atom stereocenters. The number of sulfone groups is 1. The Hall–Kier alpha value is -0.620. The van der Waals surface area contributed by atoms with Crippen molar-refractivity contribution in [2.75, 3.05) is 12.9 Å². The largest absolute Gasteiger partial charge is 0.385 e. The average Bonchev–Trinajstić information content (AvgIpc) is 1.96. The van der Waals surface area contributed by atoms with Crippen LogP contribution in [0.1, 0.15) is 13.8 Å². The standard InChI is InChI=1S/C7H16N2O3S/c1-4-12-6(7(8)9)5(2)13(3,10)11/h5-6H,4H2,1-3H3,(H3,8,9)/t5-,6-/m0/s1. The lowest BCUT2D eigenvalue weighted by Crippen LogP contribution is -2.42. The van der Waals surface area contributed by atoms with Crippen molar-refractivity contribution in [2.45, 2.75) is 25.2 Å². The van der Waals surface area contributed by atoms with Crippen LogP contribution in [0.3, 0.4) is 0 Å². The summed E-state index contributed by atoms with van der Waals surface area (Å²) >= 11 is 0. The van der Waals surface area contributed by atoms with Gasteiger partial charge in [-0.15, -0.1) is 0 Å². The summed E-state index contributed by atoms with van der Waals surface area (Å²) in [6, 6.07) is 0. The SMILES string of the molecule is CCO[C@H](C(=N)N)[C@H](C)S(C)(=O)=O. The Balaban J connectivity index is 4.66. The highest BCUT2D eigenvalue weighted by Crippen LogP contribution is 2.08. The minimum Gasteiger partial charge on any atom is -0.385 e. The van der Waals surface area contributed by atoms with E-state index in [9.17, 15) is 8.42 Å². The molecule has 0 heterocycles. The monoisotopic (exact) mass is 208 g/mol. The van der Waals surface area contributed by atoms with E-state index in [0.29, 0.717) is 6.61 Å². The molecule has 0 saturated carbocycles. The summed E-state index contributed by atoms with van der Waals surface area (Å²) < 4.78 is 27.3. The molecule has 0 aliphatic carbocycles. The van der Waals surface area contributed by atoms with Crippen molar-refractivity contribution in [3.63, 3.8) is 0 Å². The summed E-state index contributed by atoms with van der Waals surface area (Å²) in [7, 11) is -3.22. The predicted octanol–water partition coefficient (Wildman–Crippen LogP) is -0.239. The molecule has 3 N–H and O–H groups in total. The van der Waals surface area contributed by atoms with Crippen molar-refractivity contribution in [3.05, 3.63) is 0 Å². The predicted molar refractivity (Wildman–Crippen MR) is 51.6 cm³/mol. The number of rotatable bonds is 5. The van der Waals surface area contributed by atoms with Gasteiger partial charge >= 0.3 is 0 Å². The lowest BCUT2D eigenvalue weighted by Gasteiger charge is -2.20. The molecule has 0 radical (unpaired) electrons. The van der Waals surface area contributed by atoms with Crippen LogP contribution >= 0.6 is 0 Å². The first kappa shape index (κ1) is 12.4. The normalized spacial score (nSPS) is 16.5. The van der Waals surface area contributed by atoms with Gasteiger partial charge in [0.05, 0.1) is 5.25 Å². The van der Waals surface area contributed by atoms with Gasteiger partial charge in [0.25, 0.3) is 0 Å². The highest BCUT2D eigenvalue weighted by atomic mass is 32.2. The van der Waals surface area contributed by atoms with E-state index in [-0.39, 0.29) is 5.84 Å². The minimum atomic E-state index is -3.22. The number of hydrogen-bond donors (Lipinski definition) is 2. The van der Waals surface area contributed by atoms with Gasteiger partial charge in [-0.05, 0) is 13.8 Å². The number of amidine groups is 1. The second-order valence-corrected chi connectivity index (χ2v) is 5.27. The zero-order valence-electron chi connectivity index (χ0n) is 8.07. The molecule has 6 heteroatoms. The average molecular weight is 208 g/mol. The van der Waals surface area contributed by atoms with Crippen molar-refractivity contribution >= 4 is 15.7 Å². The van der Waals surface area contributed by atoms with Crippen LogP contribution in [-0.2, 0) is 14.6 Å². The van der Waals surface area contributed by atoms with Gasteiger partial charge in [0.1, 0.15) is 11.9 Å². The Morgan fingerprint density at radius 2 is 2.08 bits per heavy atom. The summed E-state index contributed by atoms with van der Waals surface area (Å²) in [5.74, 6) is -0.250. The fourth-order valence-corrected chi connectivity index (χ4v) is 1.56. The second kappa shape index (κ2) is 4.57. The Bertz CT molecular complexity index is 273.